The number of unbranched alkanes of at least 4 members (excludes halogenated alkanes) is 8. The van der Waals surface area contributed by atoms with E-state index in [1.165, 1.54) is 44.9 Å². The van der Waals surface area contributed by atoms with Gasteiger partial charge in [0.05, 0.1) is 6.61 Å². The quantitative estimate of drug-likeness (QED) is 0.290. The van der Waals surface area contributed by atoms with Crippen LogP contribution in [0, 0.1) is 0 Å². The second kappa shape index (κ2) is 13.5. The summed E-state index contributed by atoms with van der Waals surface area (Å²) in [4.78, 5) is 20.2. The molecule has 0 saturated carbocycles. The molecule has 0 fully saturated rings. The molecular weight excluding hydrogens is 216 g/mol. The molecule has 0 rings (SSSR count). The highest BCUT2D eigenvalue weighted by molar-refractivity contribution is 5.68. The van der Waals surface area contributed by atoms with Crippen molar-refractivity contribution in [3.05, 3.63) is 0 Å². The van der Waals surface area contributed by atoms with Gasteiger partial charge in [0.1, 0.15) is 0 Å². The smallest absolute Gasteiger partial charge is 0.298 e. The molecule has 0 atom stereocenters. The average molecular weight is 244 g/mol. The van der Waals surface area contributed by atoms with Crippen molar-refractivity contribution in [2.45, 2.75) is 78.1 Å². The van der Waals surface area contributed by atoms with Crippen LogP contribution >= 0.6 is 0 Å². The number of hydrogen-bond donors (Lipinski definition) is 0. The lowest BCUT2D eigenvalue weighted by atomic mass is 10.1. The van der Waals surface area contributed by atoms with E-state index in [1.54, 1.807) is 6.92 Å². The van der Waals surface area contributed by atoms with Gasteiger partial charge in [-0.15, -0.1) is 0 Å². The standard InChI is InChI=1S/C14H28O3/c1-3-5-6-7-8-9-10-11-12-13-14(15)17-16-4-2/h3-13H2,1-2H3. The van der Waals surface area contributed by atoms with Crippen LogP contribution in [-0.2, 0) is 14.6 Å². The van der Waals surface area contributed by atoms with Gasteiger partial charge in [0.2, 0.25) is 0 Å². The summed E-state index contributed by atoms with van der Waals surface area (Å²) in [6.07, 6.45) is 11.8. The molecule has 0 amide bonds. The van der Waals surface area contributed by atoms with Crippen molar-refractivity contribution in [1.82, 2.24) is 0 Å². The second-order valence-corrected chi connectivity index (χ2v) is 4.44. The molecule has 102 valence electrons. The first kappa shape index (κ1) is 16.4. The molecule has 0 bridgehead atoms. The predicted octanol–water partition coefficient (Wildman–Crippen LogP) is 4.40. The Morgan fingerprint density at radius 1 is 0.824 bits per heavy atom. The van der Waals surface area contributed by atoms with Crippen molar-refractivity contribution in [2.75, 3.05) is 6.61 Å². The first-order chi connectivity index (χ1) is 8.31. The predicted molar refractivity (Wildman–Crippen MR) is 69.6 cm³/mol. The fourth-order valence-electron chi connectivity index (χ4n) is 1.75. The average Bonchev–Trinajstić information content (AvgIpc) is 2.34. The summed E-state index contributed by atoms with van der Waals surface area (Å²) in [5, 5.41) is 0. The number of carbonyl (C=O) groups excluding carboxylic acids is 1. The third kappa shape index (κ3) is 13.4. The minimum atomic E-state index is -0.241. The lowest BCUT2D eigenvalue weighted by molar-refractivity contribution is -0.269. The molecule has 0 N–H and O–H groups in total. The van der Waals surface area contributed by atoms with Crippen LogP contribution in [0.1, 0.15) is 78.1 Å². The summed E-state index contributed by atoms with van der Waals surface area (Å²) in [5.41, 5.74) is 0. The lowest BCUT2D eigenvalue weighted by Crippen LogP contribution is -2.04. The van der Waals surface area contributed by atoms with Gasteiger partial charge in [-0.05, 0) is 13.3 Å². The van der Waals surface area contributed by atoms with Crippen molar-refractivity contribution in [3.63, 3.8) is 0 Å². The van der Waals surface area contributed by atoms with Gasteiger partial charge in [-0.3, -0.25) is 4.89 Å². The van der Waals surface area contributed by atoms with Crippen molar-refractivity contribution in [1.29, 1.82) is 0 Å². The molecule has 0 aromatic carbocycles. The van der Waals surface area contributed by atoms with Crippen LogP contribution in [0.5, 0.6) is 0 Å². The van der Waals surface area contributed by atoms with E-state index in [0.717, 1.165) is 12.8 Å². The van der Waals surface area contributed by atoms with E-state index in [-0.39, 0.29) is 5.97 Å². The van der Waals surface area contributed by atoms with Gasteiger partial charge in [0.25, 0.3) is 0 Å². The highest BCUT2D eigenvalue weighted by atomic mass is 17.2. The third-order valence-electron chi connectivity index (χ3n) is 2.75. The molecule has 0 aromatic heterocycles. The zero-order chi connectivity index (χ0) is 12.8. The van der Waals surface area contributed by atoms with E-state index in [1.807, 2.05) is 0 Å². The molecule has 0 spiro atoms. The van der Waals surface area contributed by atoms with Crippen LogP contribution < -0.4 is 0 Å². The zero-order valence-corrected chi connectivity index (χ0v) is 11.5. The summed E-state index contributed by atoms with van der Waals surface area (Å²) in [6, 6.07) is 0. The van der Waals surface area contributed by atoms with Gasteiger partial charge in [-0.2, -0.15) is 4.89 Å². The topological polar surface area (TPSA) is 35.5 Å². The molecule has 3 nitrogen and oxygen atoms in total. The third-order valence-corrected chi connectivity index (χ3v) is 2.75. The second-order valence-electron chi connectivity index (χ2n) is 4.44. The van der Waals surface area contributed by atoms with Crippen molar-refractivity contribution in [3.8, 4) is 0 Å². The fraction of sp³-hybridized carbons (Fsp3) is 0.929. The Balaban J connectivity index is 3.05. The van der Waals surface area contributed by atoms with E-state index in [2.05, 4.69) is 16.7 Å². The van der Waals surface area contributed by atoms with Gasteiger partial charge in [0, 0.05) is 6.42 Å². The summed E-state index contributed by atoms with van der Waals surface area (Å²) in [5.74, 6) is -0.241. The maximum atomic E-state index is 11.1. The normalized spacial score (nSPS) is 10.5. The van der Waals surface area contributed by atoms with Gasteiger partial charge in [-0.25, -0.2) is 4.79 Å². The molecule has 0 unspecified atom stereocenters. The van der Waals surface area contributed by atoms with E-state index >= 15 is 0 Å². The molecule has 3 heteroatoms. The SMILES string of the molecule is CCCCCCCCCCCC(=O)OOCC. The van der Waals surface area contributed by atoms with Crippen LogP contribution in [0.15, 0.2) is 0 Å². The molecule has 0 saturated heterocycles. The van der Waals surface area contributed by atoms with Gasteiger partial charge in [-0.1, -0.05) is 58.3 Å². The maximum absolute atomic E-state index is 11.1. The van der Waals surface area contributed by atoms with Crippen LogP contribution in [0.2, 0.25) is 0 Å². The highest BCUT2D eigenvalue weighted by Gasteiger charge is 2.02. The number of carbonyl (C=O) groups is 1. The minimum absolute atomic E-state index is 0.241. The molecule has 0 aliphatic heterocycles. The van der Waals surface area contributed by atoms with Crippen LogP contribution in [0.3, 0.4) is 0 Å². The largest absolute Gasteiger partial charge is 0.342 e. The molecule has 0 radical (unpaired) electrons. The summed E-state index contributed by atoms with van der Waals surface area (Å²) in [7, 11) is 0. The Bertz CT molecular complexity index is 169. The molecule has 0 heterocycles. The molecular formula is C14H28O3. The molecule has 0 aliphatic rings. The Labute approximate surface area is 106 Å². The summed E-state index contributed by atoms with van der Waals surface area (Å²) < 4.78 is 0. The van der Waals surface area contributed by atoms with E-state index in [4.69, 9.17) is 0 Å². The van der Waals surface area contributed by atoms with E-state index < -0.39 is 0 Å². The van der Waals surface area contributed by atoms with Gasteiger partial charge >= 0.3 is 5.97 Å². The Kier molecular flexibility index (Phi) is 13.0. The Morgan fingerprint density at radius 2 is 1.35 bits per heavy atom. The molecule has 0 aromatic rings. The monoisotopic (exact) mass is 244 g/mol. The number of hydrogen-bond acceptors (Lipinski definition) is 3. The van der Waals surface area contributed by atoms with E-state index in [0.29, 0.717) is 13.0 Å². The Morgan fingerprint density at radius 3 is 1.88 bits per heavy atom. The highest BCUT2D eigenvalue weighted by Crippen LogP contribution is 2.10. The van der Waals surface area contributed by atoms with Crippen LogP contribution in [-0.4, -0.2) is 12.6 Å². The summed E-state index contributed by atoms with van der Waals surface area (Å²) >= 11 is 0. The molecule has 0 aliphatic carbocycles. The van der Waals surface area contributed by atoms with Crippen molar-refractivity contribution >= 4 is 5.97 Å². The number of rotatable bonds is 12. The molecule has 17 heavy (non-hydrogen) atoms. The van der Waals surface area contributed by atoms with Crippen molar-refractivity contribution < 1.29 is 14.6 Å². The first-order valence-corrected chi connectivity index (χ1v) is 7.13. The first-order valence-electron chi connectivity index (χ1n) is 7.13. The Hall–Kier alpha value is -0.570. The lowest BCUT2D eigenvalue weighted by Gasteiger charge is -2.02. The fourth-order valence-corrected chi connectivity index (χ4v) is 1.75. The minimum Gasteiger partial charge on any atom is -0.298 e. The maximum Gasteiger partial charge on any atom is 0.342 e. The van der Waals surface area contributed by atoms with Crippen molar-refractivity contribution in [2.24, 2.45) is 0 Å². The van der Waals surface area contributed by atoms with Crippen LogP contribution in [0.4, 0.5) is 0 Å². The van der Waals surface area contributed by atoms with E-state index in [9.17, 15) is 4.79 Å². The zero-order valence-electron chi connectivity index (χ0n) is 11.5. The van der Waals surface area contributed by atoms with Gasteiger partial charge < -0.3 is 0 Å². The van der Waals surface area contributed by atoms with Gasteiger partial charge in [0.15, 0.2) is 0 Å². The summed E-state index contributed by atoms with van der Waals surface area (Å²) in [6.45, 7) is 4.46. The van der Waals surface area contributed by atoms with Crippen LogP contribution in [0.25, 0.3) is 0 Å².